The van der Waals surface area contributed by atoms with Gasteiger partial charge in [-0.15, -0.1) is 0 Å². The number of likely N-dealkylation sites (tertiary alicyclic amines) is 1. The SMILES string of the molecule is CC1CN(CC2(O)CCCCC2)CCC1=NO. The number of piperidine rings is 1. The van der Waals surface area contributed by atoms with Crippen LogP contribution in [0.3, 0.4) is 0 Å². The highest BCUT2D eigenvalue weighted by Crippen LogP contribution is 2.29. The normalized spacial score (nSPS) is 32.8. The van der Waals surface area contributed by atoms with Crippen molar-refractivity contribution in [2.24, 2.45) is 11.1 Å². The molecule has 0 spiro atoms. The van der Waals surface area contributed by atoms with Crippen LogP contribution >= 0.6 is 0 Å². The predicted molar refractivity (Wildman–Crippen MR) is 67.5 cm³/mol. The molecule has 0 radical (unpaired) electrons. The molecule has 1 unspecified atom stereocenters. The van der Waals surface area contributed by atoms with Crippen LogP contribution in [0.1, 0.15) is 45.4 Å². The summed E-state index contributed by atoms with van der Waals surface area (Å²) in [5.74, 6) is 0.306. The summed E-state index contributed by atoms with van der Waals surface area (Å²) >= 11 is 0. The molecule has 2 rings (SSSR count). The van der Waals surface area contributed by atoms with Crippen LogP contribution in [-0.4, -0.2) is 46.2 Å². The first-order valence-corrected chi connectivity index (χ1v) is 6.78. The van der Waals surface area contributed by atoms with Gasteiger partial charge in [0.2, 0.25) is 0 Å². The second kappa shape index (κ2) is 5.36. The Bertz CT molecular complexity index is 285. The van der Waals surface area contributed by atoms with Crippen molar-refractivity contribution in [2.75, 3.05) is 19.6 Å². The minimum atomic E-state index is -0.466. The molecule has 0 aromatic carbocycles. The van der Waals surface area contributed by atoms with Crippen molar-refractivity contribution in [1.29, 1.82) is 0 Å². The van der Waals surface area contributed by atoms with E-state index in [1.54, 1.807) is 0 Å². The lowest BCUT2D eigenvalue weighted by molar-refractivity contribution is -0.0285. The van der Waals surface area contributed by atoms with Crippen LogP contribution in [-0.2, 0) is 0 Å². The molecule has 0 aromatic rings. The molecule has 0 amide bonds. The van der Waals surface area contributed by atoms with Gasteiger partial charge in [0, 0.05) is 32.0 Å². The zero-order chi connectivity index (χ0) is 12.3. The fraction of sp³-hybridized carbons (Fsp3) is 0.923. The number of nitrogens with zero attached hydrogens (tertiary/aromatic N) is 2. The molecular formula is C13H24N2O2. The Morgan fingerprint density at radius 2 is 2.06 bits per heavy atom. The van der Waals surface area contributed by atoms with Crippen LogP contribution in [0, 0.1) is 5.92 Å². The molecule has 2 N–H and O–H groups in total. The van der Waals surface area contributed by atoms with Gasteiger partial charge in [0.1, 0.15) is 0 Å². The maximum absolute atomic E-state index is 10.5. The molecule has 1 atom stereocenters. The Labute approximate surface area is 103 Å². The molecular weight excluding hydrogens is 216 g/mol. The fourth-order valence-corrected chi connectivity index (χ4v) is 3.18. The third-order valence-corrected chi connectivity index (χ3v) is 4.22. The lowest BCUT2D eigenvalue weighted by atomic mass is 9.83. The highest BCUT2D eigenvalue weighted by molar-refractivity contribution is 5.86. The minimum Gasteiger partial charge on any atom is -0.411 e. The molecule has 17 heavy (non-hydrogen) atoms. The van der Waals surface area contributed by atoms with Crippen molar-refractivity contribution in [2.45, 2.75) is 51.0 Å². The average molecular weight is 240 g/mol. The number of β-amino-alcohol motifs (C(OH)–C–C–N with tert-alkyl or cyclic N) is 1. The van der Waals surface area contributed by atoms with Crippen LogP contribution in [0.4, 0.5) is 0 Å². The van der Waals surface area contributed by atoms with E-state index in [9.17, 15) is 5.11 Å². The monoisotopic (exact) mass is 240 g/mol. The highest BCUT2D eigenvalue weighted by atomic mass is 16.4. The topological polar surface area (TPSA) is 56.1 Å². The van der Waals surface area contributed by atoms with E-state index in [0.29, 0.717) is 5.92 Å². The average Bonchev–Trinajstić information content (AvgIpc) is 2.29. The third-order valence-electron chi connectivity index (χ3n) is 4.22. The summed E-state index contributed by atoms with van der Waals surface area (Å²) in [6.07, 6.45) is 6.29. The first kappa shape index (κ1) is 12.8. The predicted octanol–water partition coefficient (Wildman–Crippen LogP) is 1.85. The quantitative estimate of drug-likeness (QED) is 0.572. The van der Waals surface area contributed by atoms with E-state index < -0.39 is 5.60 Å². The maximum atomic E-state index is 10.5. The molecule has 2 fully saturated rings. The molecule has 4 nitrogen and oxygen atoms in total. The molecule has 0 aromatic heterocycles. The Hall–Kier alpha value is -0.610. The van der Waals surface area contributed by atoms with E-state index in [-0.39, 0.29) is 0 Å². The first-order chi connectivity index (χ1) is 8.13. The van der Waals surface area contributed by atoms with E-state index in [1.165, 1.54) is 6.42 Å². The van der Waals surface area contributed by atoms with Gasteiger partial charge in [0.05, 0.1) is 11.3 Å². The van der Waals surface area contributed by atoms with Crippen molar-refractivity contribution in [3.63, 3.8) is 0 Å². The van der Waals surface area contributed by atoms with Gasteiger partial charge in [-0.05, 0) is 12.8 Å². The molecule has 4 heteroatoms. The van der Waals surface area contributed by atoms with Gasteiger partial charge < -0.3 is 10.3 Å². The van der Waals surface area contributed by atoms with E-state index in [2.05, 4.69) is 17.0 Å². The minimum absolute atomic E-state index is 0.306. The lowest BCUT2D eigenvalue weighted by Gasteiger charge is -2.40. The molecule has 1 heterocycles. The van der Waals surface area contributed by atoms with Gasteiger partial charge >= 0.3 is 0 Å². The van der Waals surface area contributed by atoms with Crippen molar-refractivity contribution in [3.8, 4) is 0 Å². The van der Waals surface area contributed by atoms with E-state index in [0.717, 1.165) is 57.5 Å². The zero-order valence-corrected chi connectivity index (χ0v) is 10.7. The molecule has 1 saturated carbocycles. The first-order valence-electron chi connectivity index (χ1n) is 6.78. The fourth-order valence-electron chi connectivity index (χ4n) is 3.18. The van der Waals surface area contributed by atoms with Crippen LogP contribution in [0.15, 0.2) is 5.16 Å². The van der Waals surface area contributed by atoms with Crippen LogP contribution in [0.2, 0.25) is 0 Å². The van der Waals surface area contributed by atoms with Gasteiger partial charge in [-0.3, -0.25) is 4.90 Å². The Morgan fingerprint density at radius 1 is 1.35 bits per heavy atom. The van der Waals surface area contributed by atoms with Crippen molar-refractivity contribution in [3.05, 3.63) is 0 Å². The molecule has 2 aliphatic rings. The maximum Gasteiger partial charge on any atom is 0.0774 e. The second-order valence-electron chi connectivity index (χ2n) is 5.76. The standard InChI is InChI=1S/C13H24N2O2/c1-11-9-15(8-5-12(11)14-17)10-13(16)6-3-2-4-7-13/h11,16-17H,2-10H2,1H3. The summed E-state index contributed by atoms with van der Waals surface area (Å²) in [7, 11) is 0. The number of hydrogen-bond acceptors (Lipinski definition) is 4. The van der Waals surface area contributed by atoms with Gasteiger partial charge in [-0.25, -0.2) is 0 Å². The number of rotatable bonds is 2. The molecule has 1 saturated heterocycles. The van der Waals surface area contributed by atoms with E-state index >= 15 is 0 Å². The van der Waals surface area contributed by atoms with Gasteiger partial charge in [-0.2, -0.15) is 0 Å². The van der Waals surface area contributed by atoms with Crippen LogP contribution < -0.4 is 0 Å². The van der Waals surface area contributed by atoms with Crippen LogP contribution in [0.5, 0.6) is 0 Å². The van der Waals surface area contributed by atoms with Crippen LogP contribution in [0.25, 0.3) is 0 Å². The summed E-state index contributed by atoms with van der Waals surface area (Å²) in [6, 6.07) is 0. The third kappa shape index (κ3) is 3.19. The number of oxime groups is 1. The Balaban J connectivity index is 1.87. The number of aliphatic hydroxyl groups is 1. The summed E-state index contributed by atoms with van der Waals surface area (Å²) in [5.41, 5.74) is 0.433. The second-order valence-corrected chi connectivity index (χ2v) is 5.76. The van der Waals surface area contributed by atoms with Gasteiger partial charge in [-0.1, -0.05) is 31.3 Å². The summed E-state index contributed by atoms with van der Waals surface area (Å²) in [5, 5.41) is 22.7. The van der Waals surface area contributed by atoms with Gasteiger partial charge in [0.15, 0.2) is 0 Å². The molecule has 0 bridgehead atoms. The van der Waals surface area contributed by atoms with Crippen molar-refractivity contribution >= 4 is 5.71 Å². The lowest BCUT2D eigenvalue weighted by Crippen LogP contribution is -2.49. The molecule has 98 valence electrons. The molecule has 1 aliphatic carbocycles. The zero-order valence-electron chi connectivity index (χ0n) is 10.7. The van der Waals surface area contributed by atoms with E-state index in [4.69, 9.17) is 5.21 Å². The molecule has 1 aliphatic heterocycles. The highest BCUT2D eigenvalue weighted by Gasteiger charge is 2.33. The summed E-state index contributed by atoms with van der Waals surface area (Å²) < 4.78 is 0. The Kier molecular flexibility index (Phi) is 4.05. The number of hydrogen-bond donors (Lipinski definition) is 2. The smallest absolute Gasteiger partial charge is 0.0774 e. The van der Waals surface area contributed by atoms with E-state index in [1.807, 2.05) is 0 Å². The van der Waals surface area contributed by atoms with Crippen molar-refractivity contribution < 1.29 is 10.3 Å². The van der Waals surface area contributed by atoms with Gasteiger partial charge in [0.25, 0.3) is 0 Å². The summed E-state index contributed by atoms with van der Waals surface area (Å²) in [6.45, 7) is 4.69. The summed E-state index contributed by atoms with van der Waals surface area (Å²) in [4.78, 5) is 2.32. The Morgan fingerprint density at radius 3 is 2.65 bits per heavy atom. The van der Waals surface area contributed by atoms with Crippen molar-refractivity contribution in [1.82, 2.24) is 4.90 Å². The largest absolute Gasteiger partial charge is 0.411 e.